The third-order valence-electron chi connectivity index (χ3n) is 5.71. The number of rotatable bonds is 6. The molecule has 0 radical (unpaired) electrons. The highest BCUT2D eigenvalue weighted by molar-refractivity contribution is 7.87. The van der Waals surface area contributed by atoms with Gasteiger partial charge in [0.25, 0.3) is 0 Å². The normalized spacial score (nSPS) is 19.7. The molecular formula is C21H32N4O4S. The van der Waals surface area contributed by atoms with Crippen molar-refractivity contribution in [2.45, 2.75) is 58.5 Å². The van der Waals surface area contributed by atoms with Gasteiger partial charge in [0, 0.05) is 38.3 Å². The minimum Gasteiger partial charge on any atom is -0.381 e. The van der Waals surface area contributed by atoms with E-state index in [1.807, 2.05) is 12.1 Å². The summed E-state index contributed by atoms with van der Waals surface area (Å²) in [6, 6.07) is 6.02. The highest BCUT2D eigenvalue weighted by Crippen LogP contribution is 2.29. The fourth-order valence-electron chi connectivity index (χ4n) is 4.09. The first-order valence-corrected chi connectivity index (χ1v) is 12.2. The second-order valence-electron chi connectivity index (χ2n) is 9.21. The van der Waals surface area contributed by atoms with Gasteiger partial charge in [-0.25, -0.2) is 4.98 Å². The maximum absolute atomic E-state index is 12.3. The highest BCUT2D eigenvalue weighted by Gasteiger charge is 2.27. The SMILES string of the molecule is CC(C)(C)c1nc2cc(CNS(=O)(=O)N3CCCO3)ccc2n1CC1CCOCC1. The van der Waals surface area contributed by atoms with Crippen LogP contribution in [0.2, 0.25) is 0 Å². The van der Waals surface area contributed by atoms with Crippen molar-refractivity contribution < 1.29 is 18.0 Å². The summed E-state index contributed by atoms with van der Waals surface area (Å²) in [7, 11) is -3.63. The molecule has 166 valence electrons. The number of hydrogen-bond acceptors (Lipinski definition) is 5. The zero-order chi connectivity index (χ0) is 21.4. The Morgan fingerprint density at radius 3 is 2.63 bits per heavy atom. The Morgan fingerprint density at radius 2 is 1.97 bits per heavy atom. The molecule has 0 unspecified atom stereocenters. The average Bonchev–Trinajstić information content (AvgIpc) is 3.36. The smallest absolute Gasteiger partial charge is 0.301 e. The molecule has 2 aromatic rings. The fourth-order valence-corrected chi connectivity index (χ4v) is 5.17. The summed E-state index contributed by atoms with van der Waals surface area (Å²) in [4.78, 5) is 10.1. The molecule has 0 spiro atoms. The van der Waals surface area contributed by atoms with E-state index < -0.39 is 10.2 Å². The number of nitrogens with zero attached hydrogens (tertiary/aromatic N) is 3. The van der Waals surface area contributed by atoms with Gasteiger partial charge >= 0.3 is 10.2 Å². The summed E-state index contributed by atoms with van der Waals surface area (Å²) in [5.74, 6) is 1.65. The number of ether oxygens (including phenoxy) is 1. The minimum absolute atomic E-state index is 0.0843. The highest BCUT2D eigenvalue weighted by atomic mass is 32.2. The van der Waals surface area contributed by atoms with Crippen molar-refractivity contribution in [3.8, 4) is 0 Å². The number of benzene rings is 1. The molecule has 9 heteroatoms. The van der Waals surface area contributed by atoms with Gasteiger partial charge in [0.15, 0.2) is 0 Å². The standard InChI is InChI=1S/C21H32N4O4S/c1-21(2,3)20-23-18-13-17(14-22-30(26,27)25-9-4-10-29-25)5-6-19(18)24(20)15-16-7-11-28-12-8-16/h5-6,13,16,22H,4,7-12,14-15H2,1-3H3. The number of fused-ring (bicyclic) bond motifs is 1. The molecule has 8 nitrogen and oxygen atoms in total. The lowest BCUT2D eigenvalue weighted by Gasteiger charge is -2.26. The Kier molecular flexibility index (Phi) is 6.18. The molecule has 2 saturated heterocycles. The molecule has 4 rings (SSSR count). The monoisotopic (exact) mass is 436 g/mol. The molecule has 2 fully saturated rings. The van der Waals surface area contributed by atoms with Crippen LogP contribution in [-0.4, -0.2) is 48.8 Å². The van der Waals surface area contributed by atoms with Crippen molar-refractivity contribution >= 4 is 21.2 Å². The first-order chi connectivity index (χ1) is 14.2. The molecule has 30 heavy (non-hydrogen) atoms. The molecule has 2 aliphatic heterocycles. The van der Waals surface area contributed by atoms with Crippen LogP contribution in [0.15, 0.2) is 18.2 Å². The molecule has 1 aromatic carbocycles. The van der Waals surface area contributed by atoms with Crippen molar-refractivity contribution in [2.75, 3.05) is 26.4 Å². The van der Waals surface area contributed by atoms with E-state index in [1.54, 1.807) is 0 Å². The summed E-state index contributed by atoms with van der Waals surface area (Å²) in [5, 5.41) is 0. The number of hydrogen-bond donors (Lipinski definition) is 1. The zero-order valence-electron chi connectivity index (χ0n) is 18.1. The summed E-state index contributed by atoms with van der Waals surface area (Å²) < 4.78 is 36.2. The maximum atomic E-state index is 12.3. The molecule has 0 bridgehead atoms. The van der Waals surface area contributed by atoms with Gasteiger partial charge in [-0.3, -0.25) is 4.84 Å². The van der Waals surface area contributed by atoms with Gasteiger partial charge in [0.05, 0.1) is 17.6 Å². The minimum atomic E-state index is -3.63. The lowest BCUT2D eigenvalue weighted by molar-refractivity contribution is -0.0297. The number of aromatic nitrogens is 2. The topological polar surface area (TPSA) is 85.7 Å². The van der Waals surface area contributed by atoms with Crippen LogP contribution >= 0.6 is 0 Å². The van der Waals surface area contributed by atoms with Crippen molar-refractivity contribution in [1.29, 1.82) is 0 Å². The second kappa shape index (κ2) is 8.55. The van der Waals surface area contributed by atoms with Crippen molar-refractivity contribution in [1.82, 2.24) is 18.7 Å². The van der Waals surface area contributed by atoms with E-state index in [-0.39, 0.29) is 12.0 Å². The predicted octanol–water partition coefficient (Wildman–Crippen LogP) is 2.73. The first-order valence-electron chi connectivity index (χ1n) is 10.7. The van der Waals surface area contributed by atoms with Gasteiger partial charge in [-0.2, -0.15) is 13.1 Å². The third-order valence-corrected chi connectivity index (χ3v) is 7.05. The van der Waals surface area contributed by atoms with Gasteiger partial charge in [-0.05, 0) is 42.9 Å². The van der Waals surface area contributed by atoms with E-state index in [0.29, 0.717) is 25.5 Å². The van der Waals surface area contributed by atoms with Crippen LogP contribution in [0.4, 0.5) is 0 Å². The zero-order valence-corrected chi connectivity index (χ0v) is 18.9. The van der Waals surface area contributed by atoms with E-state index in [0.717, 1.165) is 59.5 Å². The average molecular weight is 437 g/mol. The molecular weight excluding hydrogens is 404 g/mol. The molecule has 0 saturated carbocycles. The van der Waals surface area contributed by atoms with Gasteiger partial charge in [-0.1, -0.05) is 31.3 Å². The van der Waals surface area contributed by atoms with Gasteiger partial charge < -0.3 is 9.30 Å². The van der Waals surface area contributed by atoms with Crippen LogP contribution in [-0.2, 0) is 38.3 Å². The Labute approximate surface area is 178 Å². The van der Waals surface area contributed by atoms with E-state index in [4.69, 9.17) is 14.6 Å². The molecule has 2 aliphatic rings. The van der Waals surface area contributed by atoms with Crippen LogP contribution in [0.1, 0.15) is 51.4 Å². The van der Waals surface area contributed by atoms with Crippen LogP contribution in [0.25, 0.3) is 11.0 Å². The van der Waals surface area contributed by atoms with Gasteiger partial charge in [-0.15, -0.1) is 0 Å². The number of imidazole rings is 1. The molecule has 0 aliphatic carbocycles. The summed E-state index contributed by atoms with van der Waals surface area (Å²) in [5.41, 5.74) is 2.79. The molecule has 0 amide bonds. The largest absolute Gasteiger partial charge is 0.381 e. The number of hydroxylamine groups is 1. The van der Waals surface area contributed by atoms with Gasteiger partial charge in [0.2, 0.25) is 0 Å². The van der Waals surface area contributed by atoms with Crippen LogP contribution in [0.3, 0.4) is 0 Å². The quantitative estimate of drug-likeness (QED) is 0.753. The molecule has 1 N–H and O–H groups in total. The second-order valence-corrected chi connectivity index (χ2v) is 10.9. The van der Waals surface area contributed by atoms with Crippen LogP contribution < -0.4 is 4.72 Å². The van der Waals surface area contributed by atoms with Crippen molar-refractivity contribution in [3.05, 3.63) is 29.6 Å². The van der Waals surface area contributed by atoms with Crippen LogP contribution in [0, 0.1) is 5.92 Å². The van der Waals surface area contributed by atoms with Crippen molar-refractivity contribution in [3.63, 3.8) is 0 Å². The Hall–Kier alpha value is -1.52. The molecule has 1 aromatic heterocycles. The van der Waals surface area contributed by atoms with E-state index in [1.165, 1.54) is 0 Å². The molecule has 3 heterocycles. The summed E-state index contributed by atoms with van der Waals surface area (Å²) >= 11 is 0. The number of nitrogens with one attached hydrogen (secondary N) is 1. The summed E-state index contributed by atoms with van der Waals surface area (Å²) in [6.45, 7) is 10.2. The Balaban J connectivity index is 1.57. The van der Waals surface area contributed by atoms with Crippen LogP contribution in [0.5, 0.6) is 0 Å². The lowest BCUT2D eigenvalue weighted by Crippen LogP contribution is -2.37. The van der Waals surface area contributed by atoms with Crippen molar-refractivity contribution in [2.24, 2.45) is 5.92 Å². The van der Waals surface area contributed by atoms with E-state index in [9.17, 15) is 8.42 Å². The molecule has 0 atom stereocenters. The van der Waals surface area contributed by atoms with E-state index in [2.05, 4.69) is 36.1 Å². The predicted molar refractivity (Wildman–Crippen MR) is 115 cm³/mol. The Morgan fingerprint density at radius 1 is 1.20 bits per heavy atom. The maximum Gasteiger partial charge on any atom is 0.301 e. The van der Waals surface area contributed by atoms with Gasteiger partial charge in [0.1, 0.15) is 5.82 Å². The lowest BCUT2D eigenvalue weighted by atomic mass is 9.94. The van der Waals surface area contributed by atoms with E-state index >= 15 is 0 Å². The third kappa shape index (κ3) is 4.70. The fraction of sp³-hybridized carbons (Fsp3) is 0.667. The Bertz CT molecular complexity index is 984. The first kappa shape index (κ1) is 21.7. The summed E-state index contributed by atoms with van der Waals surface area (Å²) in [6.07, 6.45) is 2.86.